The minimum Gasteiger partial charge on any atom is -0.375 e. The van der Waals surface area contributed by atoms with Gasteiger partial charge < -0.3 is 15.0 Å². The molecule has 0 aliphatic heterocycles. The average Bonchev–Trinajstić information content (AvgIpc) is 2.86. The highest BCUT2D eigenvalue weighted by atomic mass is 32.1. The fourth-order valence-corrected chi connectivity index (χ4v) is 2.45. The summed E-state index contributed by atoms with van der Waals surface area (Å²) in [7, 11) is 1.68. The number of nitrogens with zero attached hydrogens (tertiary/aromatic N) is 3. The number of hydrogen-bond acceptors (Lipinski definition) is 7. The van der Waals surface area contributed by atoms with Crippen LogP contribution in [0.4, 0.5) is 5.13 Å². The van der Waals surface area contributed by atoms with Gasteiger partial charge in [-0.05, 0) is 19.3 Å². The summed E-state index contributed by atoms with van der Waals surface area (Å²) in [5, 5.41) is 6.27. The topological polar surface area (TPSA) is 87.1 Å². The Morgan fingerprint density at radius 1 is 1.47 bits per heavy atom. The Balaban J connectivity index is 1.92. The number of thiazole rings is 1. The predicted molar refractivity (Wildman–Crippen MR) is 62.4 cm³/mol. The summed E-state index contributed by atoms with van der Waals surface area (Å²) in [6.45, 7) is 0. The SMILES string of the molecule is COC1(c2noc(-c3csc(N)n3)n2)CCC1. The van der Waals surface area contributed by atoms with Gasteiger partial charge >= 0.3 is 0 Å². The van der Waals surface area contributed by atoms with Gasteiger partial charge in [-0.15, -0.1) is 11.3 Å². The van der Waals surface area contributed by atoms with Gasteiger partial charge in [0.15, 0.2) is 5.13 Å². The monoisotopic (exact) mass is 252 g/mol. The van der Waals surface area contributed by atoms with Crippen molar-refractivity contribution < 1.29 is 9.26 Å². The molecule has 0 spiro atoms. The average molecular weight is 252 g/mol. The molecule has 0 atom stereocenters. The Hall–Kier alpha value is -1.47. The highest BCUT2D eigenvalue weighted by Crippen LogP contribution is 2.43. The summed E-state index contributed by atoms with van der Waals surface area (Å²) in [6, 6.07) is 0. The number of nitrogens with two attached hydrogens (primary N) is 1. The number of methoxy groups -OCH3 is 1. The van der Waals surface area contributed by atoms with Crippen LogP contribution in [0, 0.1) is 0 Å². The van der Waals surface area contributed by atoms with E-state index >= 15 is 0 Å². The zero-order valence-electron chi connectivity index (χ0n) is 9.34. The van der Waals surface area contributed by atoms with E-state index < -0.39 is 0 Å². The number of rotatable bonds is 3. The number of nitrogen functional groups attached to an aromatic ring is 1. The van der Waals surface area contributed by atoms with Crippen molar-refractivity contribution in [3.8, 4) is 11.6 Å². The molecule has 1 aliphatic carbocycles. The van der Waals surface area contributed by atoms with Gasteiger partial charge in [-0.25, -0.2) is 4.98 Å². The molecule has 0 amide bonds. The van der Waals surface area contributed by atoms with Crippen LogP contribution >= 0.6 is 11.3 Å². The zero-order valence-corrected chi connectivity index (χ0v) is 10.2. The second-order valence-electron chi connectivity index (χ2n) is 4.05. The first-order chi connectivity index (χ1) is 8.23. The number of hydrogen-bond donors (Lipinski definition) is 1. The van der Waals surface area contributed by atoms with Crippen molar-refractivity contribution in [1.82, 2.24) is 15.1 Å². The maximum Gasteiger partial charge on any atom is 0.277 e. The van der Waals surface area contributed by atoms with E-state index in [0.717, 1.165) is 19.3 Å². The lowest BCUT2D eigenvalue weighted by Crippen LogP contribution is -2.37. The fraction of sp³-hybridized carbons (Fsp3) is 0.500. The van der Waals surface area contributed by atoms with Crippen molar-refractivity contribution in [2.75, 3.05) is 12.8 Å². The van der Waals surface area contributed by atoms with Crippen LogP contribution < -0.4 is 5.73 Å². The zero-order chi connectivity index (χ0) is 11.9. The van der Waals surface area contributed by atoms with E-state index in [2.05, 4.69) is 15.1 Å². The molecule has 2 aromatic heterocycles. The summed E-state index contributed by atoms with van der Waals surface area (Å²) < 4.78 is 10.7. The van der Waals surface area contributed by atoms with Crippen LogP contribution in [-0.4, -0.2) is 22.2 Å². The molecule has 0 saturated heterocycles. The van der Waals surface area contributed by atoms with Gasteiger partial charge in [0.1, 0.15) is 11.3 Å². The summed E-state index contributed by atoms with van der Waals surface area (Å²) in [5.41, 5.74) is 5.83. The highest BCUT2D eigenvalue weighted by Gasteiger charge is 2.43. The van der Waals surface area contributed by atoms with E-state index in [1.165, 1.54) is 11.3 Å². The third kappa shape index (κ3) is 1.62. The first-order valence-corrected chi connectivity index (χ1v) is 6.22. The third-order valence-corrected chi connectivity index (χ3v) is 3.80. The van der Waals surface area contributed by atoms with Crippen LogP contribution in [0.1, 0.15) is 25.1 Å². The Kier molecular flexibility index (Phi) is 2.37. The molecule has 1 fully saturated rings. The van der Waals surface area contributed by atoms with E-state index in [0.29, 0.717) is 22.5 Å². The van der Waals surface area contributed by atoms with Gasteiger partial charge in [0.05, 0.1) is 0 Å². The fourth-order valence-electron chi connectivity index (χ4n) is 1.92. The van der Waals surface area contributed by atoms with Crippen LogP contribution in [0.25, 0.3) is 11.6 Å². The van der Waals surface area contributed by atoms with Gasteiger partial charge in [0, 0.05) is 12.5 Å². The molecule has 2 aromatic rings. The second kappa shape index (κ2) is 3.78. The molecule has 90 valence electrons. The summed E-state index contributed by atoms with van der Waals surface area (Å²) in [6.07, 6.45) is 2.99. The van der Waals surface area contributed by atoms with Gasteiger partial charge in [0.25, 0.3) is 5.89 Å². The molecule has 0 radical (unpaired) electrons. The molecule has 0 bridgehead atoms. The van der Waals surface area contributed by atoms with Crippen LogP contribution in [0.15, 0.2) is 9.90 Å². The molecule has 3 rings (SSSR count). The molecule has 2 N–H and O–H groups in total. The van der Waals surface area contributed by atoms with Crippen LogP contribution in [0.2, 0.25) is 0 Å². The smallest absolute Gasteiger partial charge is 0.277 e. The first kappa shape index (κ1) is 10.7. The molecule has 6 nitrogen and oxygen atoms in total. The van der Waals surface area contributed by atoms with Gasteiger partial charge in [-0.1, -0.05) is 5.16 Å². The Bertz CT molecular complexity index is 526. The van der Waals surface area contributed by atoms with E-state index in [4.69, 9.17) is 15.0 Å². The molecule has 7 heteroatoms. The van der Waals surface area contributed by atoms with Crippen molar-refractivity contribution in [3.05, 3.63) is 11.2 Å². The standard InChI is InChI=1S/C10H12N4O2S/c1-15-10(3-2-4-10)8-13-7(16-14-8)6-5-17-9(11)12-6/h5H,2-4H2,1H3,(H2,11,12). The number of anilines is 1. The van der Waals surface area contributed by atoms with Crippen LogP contribution in [-0.2, 0) is 10.3 Å². The van der Waals surface area contributed by atoms with Crippen molar-refractivity contribution in [1.29, 1.82) is 0 Å². The molecule has 17 heavy (non-hydrogen) atoms. The summed E-state index contributed by atoms with van der Waals surface area (Å²) in [5.74, 6) is 1.00. The molecule has 0 aromatic carbocycles. The van der Waals surface area contributed by atoms with E-state index in [1.807, 2.05) is 0 Å². The maximum atomic E-state index is 5.56. The van der Waals surface area contributed by atoms with E-state index in [1.54, 1.807) is 12.5 Å². The van der Waals surface area contributed by atoms with Crippen molar-refractivity contribution >= 4 is 16.5 Å². The molecule has 1 saturated carbocycles. The second-order valence-corrected chi connectivity index (χ2v) is 4.94. The van der Waals surface area contributed by atoms with Gasteiger partial charge in [0.2, 0.25) is 5.82 Å². The Morgan fingerprint density at radius 2 is 2.29 bits per heavy atom. The Labute approximate surface area is 102 Å². The third-order valence-electron chi connectivity index (χ3n) is 3.13. The minimum atomic E-state index is -0.358. The lowest BCUT2D eigenvalue weighted by atomic mass is 9.79. The number of aromatic nitrogens is 3. The van der Waals surface area contributed by atoms with Crippen LogP contribution in [0.5, 0.6) is 0 Å². The van der Waals surface area contributed by atoms with Crippen molar-refractivity contribution in [2.24, 2.45) is 0 Å². The van der Waals surface area contributed by atoms with Gasteiger partial charge in [-0.2, -0.15) is 4.98 Å². The van der Waals surface area contributed by atoms with Crippen molar-refractivity contribution in [3.63, 3.8) is 0 Å². The quantitative estimate of drug-likeness (QED) is 0.896. The highest BCUT2D eigenvalue weighted by molar-refractivity contribution is 7.13. The van der Waals surface area contributed by atoms with Crippen LogP contribution in [0.3, 0.4) is 0 Å². The predicted octanol–water partition coefficient (Wildman–Crippen LogP) is 1.80. The molecule has 1 aliphatic rings. The number of ether oxygens (including phenoxy) is 1. The Morgan fingerprint density at radius 3 is 2.82 bits per heavy atom. The summed E-state index contributed by atoms with van der Waals surface area (Å²) >= 11 is 1.35. The van der Waals surface area contributed by atoms with E-state index in [9.17, 15) is 0 Å². The molecular weight excluding hydrogens is 240 g/mol. The molecule has 2 heterocycles. The lowest BCUT2D eigenvalue weighted by Gasteiger charge is -2.37. The summed E-state index contributed by atoms with van der Waals surface area (Å²) in [4.78, 5) is 8.45. The lowest BCUT2D eigenvalue weighted by molar-refractivity contribution is -0.0858. The molecular formula is C10H12N4O2S. The van der Waals surface area contributed by atoms with Crippen molar-refractivity contribution in [2.45, 2.75) is 24.9 Å². The largest absolute Gasteiger partial charge is 0.375 e. The minimum absolute atomic E-state index is 0.358. The molecule has 0 unspecified atom stereocenters. The normalized spacial score (nSPS) is 17.9. The first-order valence-electron chi connectivity index (χ1n) is 5.34. The maximum absolute atomic E-state index is 5.56. The van der Waals surface area contributed by atoms with Gasteiger partial charge in [-0.3, -0.25) is 0 Å². The van der Waals surface area contributed by atoms with E-state index in [-0.39, 0.29) is 5.60 Å².